The number of nitrogens with two attached hydrogens (primary N) is 1. The van der Waals surface area contributed by atoms with E-state index in [0.29, 0.717) is 11.5 Å². The van der Waals surface area contributed by atoms with Gasteiger partial charge >= 0.3 is 0 Å². The van der Waals surface area contributed by atoms with E-state index in [-0.39, 0.29) is 27.2 Å². The van der Waals surface area contributed by atoms with Crippen molar-refractivity contribution < 1.29 is 12.8 Å². The smallest absolute Gasteiger partial charge is 0.242 e. The van der Waals surface area contributed by atoms with Crippen LogP contribution in [-0.4, -0.2) is 8.42 Å². The minimum atomic E-state index is -3.80. The second-order valence-corrected chi connectivity index (χ2v) is 6.63. The first kappa shape index (κ1) is 15.2. The summed E-state index contributed by atoms with van der Waals surface area (Å²) >= 11 is 11.7. The van der Waals surface area contributed by atoms with Crippen molar-refractivity contribution in [3.8, 4) is 0 Å². The second-order valence-electron chi connectivity index (χ2n) is 4.11. The van der Waals surface area contributed by atoms with Crippen LogP contribution in [0.1, 0.15) is 11.5 Å². The Morgan fingerprint density at radius 2 is 1.95 bits per heavy atom. The van der Waals surface area contributed by atoms with Crippen molar-refractivity contribution in [3.63, 3.8) is 0 Å². The van der Waals surface area contributed by atoms with Gasteiger partial charge in [-0.15, -0.1) is 0 Å². The summed E-state index contributed by atoms with van der Waals surface area (Å²) in [5.41, 5.74) is 5.65. The third kappa shape index (κ3) is 3.09. The van der Waals surface area contributed by atoms with E-state index in [2.05, 4.69) is 4.72 Å². The zero-order valence-corrected chi connectivity index (χ0v) is 12.8. The highest BCUT2D eigenvalue weighted by Crippen LogP contribution is 2.33. The molecule has 8 heteroatoms. The van der Waals surface area contributed by atoms with E-state index in [1.54, 1.807) is 19.1 Å². The van der Waals surface area contributed by atoms with Gasteiger partial charge in [-0.1, -0.05) is 23.2 Å². The molecule has 1 heterocycles. The molecule has 0 bridgehead atoms. The molecule has 0 radical (unpaired) electrons. The van der Waals surface area contributed by atoms with E-state index in [1.807, 2.05) is 0 Å². The largest absolute Gasteiger partial charge is 0.465 e. The van der Waals surface area contributed by atoms with Gasteiger partial charge < -0.3 is 10.2 Å². The zero-order chi connectivity index (χ0) is 14.9. The monoisotopic (exact) mass is 334 g/mol. The summed E-state index contributed by atoms with van der Waals surface area (Å²) in [5.74, 6) is 1.21. The molecule has 2 rings (SSSR count). The lowest BCUT2D eigenvalue weighted by atomic mass is 10.3. The van der Waals surface area contributed by atoms with Gasteiger partial charge in [-0.05, 0) is 31.2 Å². The highest BCUT2D eigenvalue weighted by molar-refractivity contribution is 7.89. The highest BCUT2D eigenvalue weighted by Gasteiger charge is 2.20. The van der Waals surface area contributed by atoms with Crippen LogP contribution in [0.2, 0.25) is 10.0 Å². The maximum Gasteiger partial charge on any atom is 0.242 e. The van der Waals surface area contributed by atoms with Crippen molar-refractivity contribution in [2.45, 2.75) is 18.4 Å². The molecule has 0 saturated heterocycles. The highest BCUT2D eigenvalue weighted by atomic mass is 35.5. The molecule has 1 aromatic heterocycles. The number of rotatable bonds is 4. The molecule has 0 spiro atoms. The van der Waals surface area contributed by atoms with Crippen LogP contribution in [-0.2, 0) is 16.6 Å². The lowest BCUT2D eigenvalue weighted by molar-refractivity contribution is 0.475. The van der Waals surface area contributed by atoms with Gasteiger partial charge in [-0.25, -0.2) is 13.1 Å². The van der Waals surface area contributed by atoms with Crippen LogP contribution in [0.4, 0.5) is 5.69 Å². The lowest BCUT2D eigenvalue weighted by Gasteiger charge is -2.09. The maximum atomic E-state index is 12.2. The number of aryl methyl sites for hydroxylation is 1. The number of halogens is 2. The first-order chi connectivity index (χ1) is 9.31. The van der Waals surface area contributed by atoms with Crippen molar-refractivity contribution >= 4 is 38.9 Å². The molecule has 108 valence electrons. The standard InChI is InChI=1S/C12H12Cl2N2O3S/c1-7-2-3-8(19-7)6-16-20(17,18)10-5-4-9(13)12(15)11(10)14/h2-5,16H,6,15H2,1H3. The third-order valence-corrected chi connectivity index (χ3v) is 4.91. The minimum absolute atomic E-state index is 0.0229. The molecule has 0 fully saturated rings. The molecule has 2 aromatic rings. The van der Waals surface area contributed by atoms with Crippen LogP contribution in [0, 0.1) is 6.92 Å². The molecule has 0 amide bonds. The molecule has 20 heavy (non-hydrogen) atoms. The Kier molecular flexibility index (Phi) is 4.29. The summed E-state index contributed by atoms with van der Waals surface area (Å²) < 4.78 is 32.0. The minimum Gasteiger partial charge on any atom is -0.465 e. The average Bonchev–Trinajstić information content (AvgIpc) is 2.79. The molecule has 0 aliphatic rings. The number of sulfonamides is 1. The maximum absolute atomic E-state index is 12.2. The Balaban J connectivity index is 2.25. The van der Waals surface area contributed by atoms with E-state index < -0.39 is 10.0 Å². The predicted molar refractivity (Wildman–Crippen MR) is 78.3 cm³/mol. The number of nitrogens with one attached hydrogen (secondary N) is 1. The first-order valence-corrected chi connectivity index (χ1v) is 7.83. The van der Waals surface area contributed by atoms with Crippen LogP contribution < -0.4 is 10.5 Å². The van der Waals surface area contributed by atoms with Crippen LogP contribution in [0.5, 0.6) is 0 Å². The van der Waals surface area contributed by atoms with E-state index in [4.69, 9.17) is 33.4 Å². The molecule has 1 aromatic carbocycles. The summed E-state index contributed by atoms with van der Waals surface area (Å²) in [6, 6.07) is 6.12. The molecule has 3 N–H and O–H groups in total. The molecule has 0 atom stereocenters. The van der Waals surface area contributed by atoms with Crippen molar-refractivity contribution in [2.75, 3.05) is 5.73 Å². The molecule has 0 saturated carbocycles. The van der Waals surface area contributed by atoms with Crippen molar-refractivity contribution in [3.05, 3.63) is 45.8 Å². The fourth-order valence-corrected chi connectivity index (χ4v) is 3.34. The Bertz CT molecular complexity index is 741. The number of benzene rings is 1. The number of anilines is 1. The summed E-state index contributed by atoms with van der Waals surface area (Å²) in [4.78, 5) is -0.121. The Morgan fingerprint density at radius 3 is 2.55 bits per heavy atom. The molecule has 0 aliphatic carbocycles. The fraction of sp³-hybridized carbons (Fsp3) is 0.167. The number of hydrogen-bond donors (Lipinski definition) is 2. The van der Waals surface area contributed by atoms with Crippen LogP contribution >= 0.6 is 23.2 Å². The Labute approximate surface area is 126 Å². The Morgan fingerprint density at radius 1 is 1.25 bits per heavy atom. The summed E-state index contributed by atoms with van der Waals surface area (Å²) in [6.07, 6.45) is 0. The lowest BCUT2D eigenvalue weighted by Crippen LogP contribution is -2.23. The summed E-state index contributed by atoms with van der Waals surface area (Å²) in [6.45, 7) is 1.80. The van der Waals surface area contributed by atoms with Crippen molar-refractivity contribution in [1.82, 2.24) is 4.72 Å². The van der Waals surface area contributed by atoms with Gasteiger partial charge in [0.2, 0.25) is 10.0 Å². The van der Waals surface area contributed by atoms with Gasteiger partial charge in [0.05, 0.1) is 22.3 Å². The van der Waals surface area contributed by atoms with E-state index >= 15 is 0 Å². The van der Waals surface area contributed by atoms with Crippen molar-refractivity contribution in [1.29, 1.82) is 0 Å². The third-order valence-electron chi connectivity index (χ3n) is 2.61. The molecule has 5 nitrogen and oxygen atoms in total. The van der Waals surface area contributed by atoms with Crippen LogP contribution in [0.3, 0.4) is 0 Å². The average molecular weight is 335 g/mol. The normalized spacial score (nSPS) is 11.8. The number of hydrogen-bond acceptors (Lipinski definition) is 4. The molecular formula is C12H12Cl2N2O3S. The second kappa shape index (κ2) is 5.65. The summed E-state index contributed by atoms with van der Waals surface area (Å²) in [5, 5.41) is 0.108. The molecule has 0 unspecified atom stereocenters. The van der Waals surface area contributed by atoms with Gasteiger partial charge in [0.25, 0.3) is 0 Å². The topological polar surface area (TPSA) is 85.3 Å². The Hall–Kier alpha value is -1.21. The molecular weight excluding hydrogens is 323 g/mol. The van der Waals surface area contributed by atoms with Crippen molar-refractivity contribution in [2.24, 2.45) is 0 Å². The first-order valence-electron chi connectivity index (χ1n) is 5.59. The summed E-state index contributed by atoms with van der Waals surface area (Å²) in [7, 11) is -3.80. The van der Waals surface area contributed by atoms with Crippen LogP contribution in [0.25, 0.3) is 0 Å². The van der Waals surface area contributed by atoms with Gasteiger partial charge in [0, 0.05) is 0 Å². The number of nitrogen functional groups attached to an aromatic ring is 1. The fourth-order valence-electron chi connectivity index (χ4n) is 1.58. The quantitative estimate of drug-likeness (QED) is 0.841. The van der Waals surface area contributed by atoms with Gasteiger partial charge in [-0.3, -0.25) is 0 Å². The van der Waals surface area contributed by atoms with Crippen LogP contribution in [0.15, 0.2) is 33.6 Å². The van der Waals surface area contributed by atoms with Gasteiger partial charge in [0.15, 0.2) is 0 Å². The molecule has 0 aliphatic heterocycles. The van der Waals surface area contributed by atoms with E-state index in [9.17, 15) is 8.42 Å². The van der Waals surface area contributed by atoms with Gasteiger partial charge in [0.1, 0.15) is 16.4 Å². The number of furan rings is 1. The van der Waals surface area contributed by atoms with Gasteiger partial charge in [-0.2, -0.15) is 0 Å². The van der Waals surface area contributed by atoms with E-state index in [0.717, 1.165) is 0 Å². The van der Waals surface area contributed by atoms with E-state index in [1.165, 1.54) is 12.1 Å². The predicted octanol–water partition coefficient (Wildman–Crippen LogP) is 2.96. The zero-order valence-electron chi connectivity index (χ0n) is 10.5. The SMILES string of the molecule is Cc1ccc(CNS(=O)(=O)c2ccc(Cl)c(N)c2Cl)o1.